The Morgan fingerprint density at radius 3 is 2.38 bits per heavy atom. The third-order valence-electron chi connectivity index (χ3n) is 1.47. The molecule has 0 aromatic heterocycles. The van der Waals surface area contributed by atoms with E-state index < -0.39 is 30.5 Å². The van der Waals surface area contributed by atoms with E-state index in [0.29, 0.717) is 0 Å². The number of carbonyl (C=O) groups excluding carboxylic acids is 3. The predicted octanol–water partition coefficient (Wildman–Crippen LogP) is 0.186. The minimum absolute atomic E-state index is 0.0594. The summed E-state index contributed by atoms with van der Waals surface area (Å²) in [6.07, 6.45) is -5.45. The summed E-state index contributed by atoms with van der Waals surface area (Å²) in [6, 6.07) is -1.61. The average Bonchev–Trinajstić information content (AvgIpc) is 2.15. The lowest BCUT2D eigenvalue weighted by molar-refractivity contribution is -0.176. The summed E-state index contributed by atoms with van der Waals surface area (Å²) in [4.78, 5) is 31.6. The van der Waals surface area contributed by atoms with Crippen LogP contribution >= 0.6 is 0 Å². The molecule has 0 aromatic rings. The van der Waals surface area contributed by atoms with Crippen molar-refractivity contribution in [3.05, 3.63) is 0 Å². The summed E-state index contributed by atoms with van der Waals surface area (Å²) in [6.45, 7) is 1.39. The number of amides is 1. The van der Waals surface area contributed by atoms with Crippen molar-refractivity contribution >= 4 is 18.2 Å². The maximum atomic E-state index is 11.8. The number of carbonyl (C=O) groups is 3. The van der Waals surface area contributed by atoms with Crippen LogP contribution in [0.5, 0.6) is 0 Å². The van der Waals surface area contributed by atoms with Crippen molar-refractivity contribution in [1.82, 2.24) is 5.32 Å². The first-order valence-electron chi connectivity index (χ1n) is 4.30. The smallest absolute Gasteiger partial charge is 0.464 e. The first-order chi connectivity index (χ1) is 7.32. The van der Waals surface area contributed by atoms with Gasteiger partial charge in [-0.2, -0.15) is 13.2 Å². The Kier molecular flexibility index (Phi) is 5.48. The molecule has 0 aliphatic heterocycles. The van der Waals surface area contributed by atoms with Crippen LogP contribution in [0.15, 0.2) is 0 Å². The van der Waals surface area contributed by atoms with Gasteiger partial charge in [0.1, 0.15) is 12.3 Å². The number of rotatable bonds is 5. The molecule has 0 radical (unpaired) electrons. The van der Waals surface area contributed by atoms with Gasteiger partial charge < -0.3 is 14.8 Å². The number of esters is 1. The topological polar surface area (TPSA) is 72.5 Å². The van der Waals surface area contributed by atoms with Crippen molar-refractivity contribution in [3.63, 3.8) is 0 Å². The molecular weight excluding hydrogens is 231 g/mol. The Hall–Kier alpha value is -1.60. The van der Waals surface area contributed by atoms with E-state index in [0.717, 1.165) is 0 Å². The monoisotopic (exact) mass is 241 g/mol. The lowest BCUT2D eigenvalue weighted by atomic mass is 10.2. The van der Waals surface area contributed by atoms with Crippen LogP contribution in [0.25, 0.3) is 0 Å². The third kappa shape index (κ3) is 4.76. The minimum Gasteiger partial charge on any atom is -0.464 e. The average molecular weight is 241 g/mol. The standard InChI is InChI=1S/C8H10F3NO4/c1-2-16-6(14)5(3-4-13)12-7(15)8(9,10)11/h4-5H,2-3H2,1H3,(H,12,15)/t5-/m0/s1. The maximum absolute atomic E-state index is 11.8. The molecule has 1 N–H and O–H groups in total. The fraction of sp³-hybridized carbons (Fsp3) is 0.625. The summed E-state index contributed by atoms with van der Waals surface area (Å²) in [5, 5.41) is 1.37. The zero-order valence-corrected chi connectivity index (χ0v) is 8.34. The van der Waals surface area contributed by atoms with Crippen molar-refractivity contribution in [2.24, 2.45) is 0 Å². The van der Waals surface area contributed by atoms with Gasteiger partial charge in [-0.05, 0) is 6.92 Å². The van der Waals surface area contributed by atoms with Crippen LogP contribution in [0.2, 0.25) is 0 Å². The summed E-state index contributed by atoms with van der Waals surface area (Å²) in [7, 11) is 0. The van der Waals surface area contributed by atoms with E-state index in [1.165, 1.54) is 12.2 Å². The summed E-state index contributed by atoms with van der Waals surface area (Å²) in [5.74, 6) is -3.36. The zero-order chi connectivity index (χ0) is 12.8. The number of alkyl halides is 3. The summed E-state index contributed by atoms with van der Waals surface area (Å²) >= 11 is 0. The molecule has 0 unspecified atom stereocenters. The number of hydrogen-bond acceptors (Lipinski definition) is 4. The Balaban J connectivity index is 4.50. The van der Waals surface area contributed by atoms with Gasteiger partial charge in [0.05, 0.1) is 6.61 Å². The van der Waals surface area contributed by atoms with Gasteiger partial charge in [0.2, 0.25) is 0 Å². The molecule has 0 saturated heterocycles. The molecule has 0 heterocycles. The fourth-order valence-electron chi connectivity index (χ4n) is 0.793. The summed E-state index contributed by atoms with van der Waals surface area (Å²) < 4.78 is 39.9. The maximum Gasteiger partial charge on any atom is 0.471 e. The molecule has 0 bridgehead atoms. The highest BCUT2D eigenvalue weighted by molar-refractivity contribution is 5.88. The van der Waals surface area contributed by atoms with Crippen LogP contribution in [-0.4, -0.2) is 37.0 Å². The van der Waals surface area contributed by atoms with Gasteiger partial charge in [-0.1, -0.05) is 0 Å². The highest BCUT2D eigenvalue weighted by atomic mass is 19.4. The highest BCUT2D eigenvalue weighted by Gasteiger charge is 2.40. The van der Waals surface area contributed by atoms with Crippen molar-refractivity contribution in [2.45, 2.75) is 25.6 Å². The Labute approximate surface area is 88.9 Å². The molecule has 0 fully saturated rings. The number of hydrogen-bond donors (Lipinski definition) is 1. The second kappa shape index (κ2) is 6.09. The Morgan fingerprint density at radius 2 is 2.00 bits per heavy atom. The van der Waals surface area contributed by atoms with E-state index in [-0.39, 0.29) is 12.9 Å². The molecular formula is C8H10F3NO4. The largest absolute Gasteiger partial charge is 0.471 e. The van der Waals surface area contributed by atoms with E-state index in [2.05, 4.69) is 4.74 Å². The van der Waals surface area contributed by atoms with Crippen molar-refractivity contribution < 1.29 is 32.3 Å². The number of aldehydes is 1. The van der Waals surface area contributed by atoms with Crippen LogP contribution in [0.4, 0.5) is 13.2 Å². The molecule has 1 amide bonds. The fourth-order valence-corrected chi connectivity index (χ4v) is 0.793. The number of nitrogens with one attached hydrogen (secondary N) is 1. The van der Waals surface area contributed by atoms with Gasteiger partial charge in [-0.25, -0.2) is 4.79 Å². The third-order valence-corrected chi connectivity index (χ3v) is 1.47. The van der Waals surface area contributed by atoms with Crippen LogP contribution in [0, 0.1) is 0 Å². The lowest BCUT2D eigenvalue weighted by Gasteiger charge is -2.15. The van der Waals surface area contributed by atoms with Gasteiger partial charge >= 0.3 is 18.1 Å². The zero-order valence-electron chi connectivity index (χ0n) is 8.34. The van der Waals surface area contributed by atoms with Gasteiger partial charge in [0, 0.05) is 6.42 Å². The Bertz CT molecular complexity index is 277. The molecule has 1 atom stereocenters. The van der Waals surface area contributed by atoms with Gasteiger partial charge in [0.15, 0.2) is 0 Å². The molecule has 0 aromatic carbocycles. The molecule has 0 aliphatic carbocycles. The molecule has 0 aliphatic rings. The van der Waals surface area contributed by atoms with E-state index in [1.807, 2.05) is 0 Å². The number of ether oxygens (including phenoxy) is 1. The molecule has 8 heteroatoms. The first-order valence-corrected chi connectivity index (χ1v) is 4.30. The SMILES string of the molecule is CCOC(=O)[C@H](CC=O)NC(=O)C(F)(F)F. The van der Waals surface area contributed by atoms with Gasteiger partial charge in [-0.15, -0.1) is 0 Å². The minimum atomic E-state index is -5.10. The van der Waals surface area contributed by atoms with Crippen LogP contribution in [-0.2, 0) is 19.1 Å². The van der Waals surface area contributed by atoms with Crippen LogP contribution in [0.1, 0.15) is 13.3 Å². The van der Waals surface area contributed by atoms with Gasteiger partial charge in [0.25, 0.3) is 0 Å². The summed E-state index contributed by atoms with van der Waals surface area (Å²) in [5.41, 5.74) is 0. The van der Waals surface area contributed by atoms with E-state index in [1.54, 1.807) is 0 Å². The van der Waals surface area contributed by atoms with Gasteiger partial charge in [-0.3, -0.25) is 4.79 Å². The molecule has 92 valence electrons. The van der Waals surface area contributed by atoms with Crippen molar-refractivity contribution in [2.75, 3.05) is 6.61 Å². The normalized spacial score (nSPS) is 12.8. The Morgan fingerprint density at radius 1 is 1.44 bits per heavy atom. The highest BCUT2D eigenvalue weighted by Crippen LogP contribution is 2.14. The second-order valence-corrected chi connectivity index (χ2v) is 2.68. The van der Waals surface area contributed by atoms with E-state index >= 15 is 0 Å². The van der Waals surface area contributed by atoms with Crippen molar-refractivity contribution in [1.29, 1.82) is 0 Å². The van der Waals surface area contributed by atoms with Crippen LogP contribution < -0.4 is 5.32 Å². The van der Waals surface area contributed by atoms with E-state index in [4.69, 9.17) is 0 Å². The van der Waals surface area contributed by atoms with Crippen LogP contribution in [0.3, 0.4) is 0 Å². The molecule has 16 heavy (non-hydrogen) atoms. The number of halogens is 3. The first kappa shape index (κ1) is 14.4. The predicted molar refractivity (Wildman–Crippen MR) is 45.3 cm³/mol. The molecule has 0 rings (SSSR count). The second-order valence-electron chi connectivity index (χ2n) is 2.68. The molecule has 5 nitrogen and oxygen atoms in total. The van der Waals surface area contributed by atoms with Crippen molar-refractivity contribution in [3.8, 4) is 0 Å². The molecule has 0 saturated carbocycles. The van der Waals surface area contributed by atoms with E-state index in [9.17, 15) is 27.6 Å². The lowest BCUT2D eigenvalue weighted by Crippen LogP contribution is -2.47. The quantitative estimate of drug-likeness (QED) is 0.550. The molecule has 0 spiro atoms.